The average Bonchev–Trinajstić information content (AvgIpc) is 3.36. The summed E-state index contributed by atoms with van der Waals surface area (Å²) in [6.45, 7) is 1.46. The topological polar surface area (TPSA) is 75.9 Å². The predicted molar refractivity (Wildman–Crippen MR) is 102 cm³/mol. The van der Waals surface area contributed by atoms with Crippen LogP contribution in [0.1, 0.15) is 16.1 Å². The molecule has 0 aliphatic carbocycles. The Bertz CT molecular complexity index is 939. The molecule has 0 aromatic carbocycles. The molecule has 3 aromatic rings. The molecule has 9 heteroatoms. The van der Waals surface area contributed by atoms with E-state index >= 15 is 0 Å². The number of hydrogen-bond acceptors (Lipinski definition) is 6. The highest BCUT2D eigenvalue weighted by molar-refractivity contribution is 7.12. The van der Waals surface area contributed by atoms with Crippen LogP contribution in [0, 0.1) is 0 Å². The summed E-state index contributed by atoms with van der Waals surface area (Å²) in [5, 5.41) is 9.54. The number of hydrogen-bond donors (Lipinski definition) is 1. The SMILES string of the molecule is Cn1cc(-c2ccnc(N3CCC(NC(=O)c4sccc4Cl)C3)n2)cn1. The van der Waals surface area contributed by atoms with Crippen LogP contribution in [0.4, 0.5) is 5.95 Å². The first kappa shape index (κ1) is 17.0. The van der Waals surface area contributed by atoms with Gasteiger partial charge < -0.3 is 10.2 Å². The third-order valence-corrected chi connectivity index (χ3v) is 5.61. The van der Waals surface area contributed by atoms with Crippen molar-refractivity contribution < 1.29 is 4.79 Å². The molecule has 3 aromatic heterocycles. The second-order valence-electron chi connectivity index (χ2n) is 6.15. The van der Waals surface area contributed by atoms with Crippen molar-refractivity contribution in [1.29, 1.82) is 0 Å². The minimum absolute atomic E-state index is 0.0475. The van der Waals surface area contributed by atoms with Crippen LogP contribution in [0.15, 0.2) is 36.1 Å². The molecule has 0 radical (unpaired) electrons. The Balaban J connectivity index is 1.44. The van der Waals surface area contributed by atoms with Crippen LogP contribution < -0.4 is 10.2 Å². The number of thiophene rings is 1. The number of carbonyl (C=O) groups is 1. The van der Waals surface area contributed by atoms with Crippen molar-refractivity contribution in [2.24, 2.45) is 7.05 Å². The maximum atomic E-state index is 12.3. The van der Waals surface area contributed by atoms with Gasteiger partial charge in [-0.05, 0) is 23.9 Å². The molecule has 1 amide bonds. The van der Waals surface area contributed by atoms with E-state index in [-0.39, 0.29) is 11.9 Å². The lowest BCUT2D eigenvalue weighted by Gasteiger charge is -2.17. The molecule has 0 bridgehead atoms. The molecule has 4 heterocycles. The van der Waals surface area contributed by atoms with Crippen LogP contribution in [0.25, 0.3) is 11.3 Å². The molecule has 0 saturated carbocycles. The number of aryl methyl sites for hydroxylation is 1. The van der Waals surface area contributed by atoms with E-state index in [9.17, 15) is 4.79 Å². The van der Waals surface area contributed by atoms with E-state index in [1.165, 1.54) is 11.3 Å². The van der Waals surface area contributed by atoms with Gasteiger partial charge in [-0.3, -0.25) is 9.48 Å². The first-order valence-electron chi connectivity index (χ1n) is 8.21. The first-order valence-corrected chi connectivity index (χ1v) is 9.47. The van der Waals surface area contributed by atoms with E-state index in [1.54, 1.807) is 23.1 Å². The van der Waals surface area contributed by atoms with Gasteiger partial charge in [0.05, 0.1) is 16.9 Å². The van der Waals surface area contributed by atoms with E-state index in [0.29, 0.717) is 22.4 Å². The fourth-order valence-electron chi connectivity index (χ4n) is 2.98. The lowest BCUT2D eigenvalue weighted by atomic mass is 10.2. The Morgan fingerprint density at radius 2 is 2.31 bits per heavy atom. The summed E-state index contributed by atoms with van der Waals surface area (Å²) in [5.41, 5.74) is 1.79. The lowest BCUT2D eigenvalue weighted by Crippen LogP contribution is -2.37. The summed E-state index contributed by atoms with van der Waals surface area (Å²) < 4.78 is 1.74. The zero-order valence-electron chi connectivity index (χ0n) is 14.1. The summed E-state index contributed by atoms with van der Waals surface area (Å²) in [5.74, 6) is 0.541. The van der Waals surface area contributed by atoms with Gasteiger partial charge in [0, 0.05) is 44.1 Å². The lowest BCUT2D eigenvalue weighted by molar-refractivity contribution is 0.0944. The van der Waals surface area contributed by atoms with E-state index in [0.717, 1.165) is 24.2 Å². The van der Waals surface area contributed by atoms with E-state index in [4.69, 9.17) is 11.6 Å². The van der Waals surface area contributed by atoms with Crippen LogP contribution in [-0.4, -0.2) is 44.8 Å². The summed E-state index contributed by atoms with van der Waals surface area (Å²) in [7, 11) is 1.87. The average molecular weight is 389 g/mol. The van der Waals surface area contributed by atoms with Gasteiger partial charge in [-0.25, -0.2) is 9.97 Å². The number of aromatic nitrogens is 4. The van der Waals surface area contributed by atoms with Crippen LogP contribution in [-0.2, 0) is 7.05 Å². The summed E-state index contributed by atoms with van der Waals surface area (Å²) in [6.07, 6.45) is 6.30. The number of halogens is 1. The minimum atomic E-state index is -0.123. The van der Waals surface area contributed by atoms with E-state index in [1.807, 2.05) is 24.7 Å². The number of carbonyl (C=O) groups excluding carboxylic acids is 1. The van der Waals surface area contributed by atoms with Crippen molar-refractivity contribution in [1.82, 2.24) is 25.1 Å². The summed E-state index contributed by atoms with van der Waals surface area (Å²) in [6, 6.07) is 3.65. The van der Waals surface area contributed by atoms with Gasteiger partial charge in [-0.1, -0.05) is 11.6 Å². The normalized spacial score (nSPS) is 16.8. The number of rotatable bonds is 4. The van der Waals surface area contributed by atoms with Gasteiger partial charge in [0.1, 0.15) is 4.88 Å². The zero-order valence-corrected chi connectivity index (χ0v) is 15.7. The molecule has 1 saturated heterocycles. The van der Waals surface area contributed by atoms with Crippen LogP contribution in [0.2, 0.25) is 5.02 Å². The van der Waals surface area contributed by atoms with Crippen LogP contribution in [0.5, 0.6) is 0 Å². The number of anilines is 1. The molecule has 134 valence electrons. The van der Waals surface area contributed by atoms with Gasteiger partial charge in [0.25, 0.3) is 5.91 Å². The quantitative estimate of drug-likeness (QED) is 0.743. The molecule has 0 spiro atoms. The Kier molecular flexibility index (Phi) is 4.60. The smallest absolute Gasteiger partial charge is 0.263 e. The second kappa shape index (κ2) is 7.05. The standard InChI is InChI=1S/C17H17ClN6OS/c1-23-9-11(8-20-23)14-2-5-19-17(22-14)24-6-3-12(10-24)21-16(25)15-13(18)4-7-26-15/h2,4-5,7-9,12H,3,6,10H2,1H3,(H,21,25). The maximum absolute atomic E-state index is 12.3. The maximum Gasteiger partial charge on any atom is 0.263 e. The summed E-state index contributed by atoms with van der Waals surface area (Å²) in [4.78, 5) is 24.0. The van der Waals surface area contributed by atoms with Crippen molar-refractivity contribution in [3.8, 4) is 11.3 Å². The van der Waals surface area contributed by atoms with Gasteiger partial charge in [-0.15, -0.1) is 11.3 Å². The molecule has 1 atom stereocenters. The number of nitrogens with zero attached hydrogens (tertiary/aromatic N) is 5. The molecule has 1 aliphatic rings. The van der Waals surface area contributed by atoms with Crippen molar-refractivity contribution in [3.05, 3.63) is 46.0 Å². The van der Waals surface area contributed by atoms with Crippen molar-refractivity contribution in [2.45, 2.75) is 12.5 Å². The van der Waals surface area contributed by atoms with Gasteiger partial charge in [0.2, 0.25) is 5.95 Å². The Hall–Kier alpha value is -2.45. The van der Waals surface area contributed by atoms with Gasteiger partial charge in [-0.2, -0.15) is 5.10 Å². The molecule has 26 heavy (non-hydrogen) atoms. The van der Waals surface area contributed by atoms with Gasteiger partial charge in [0.15, 0.2) is 0 Å². The van der Waals surface area contributed by atoms with Gasteiger partial charge >= 0.3 is 0 Å². The van der Waals surface area contributed by atoms with E-state index < -0.39 is 0 Å². The highest BCUT2D eigenvalue weighted by atomic mass is 35.5. The first-order chi connectivity index (χ1) is 12.6. The molecule has 1 N–H and O–H groups in total. The van der Waals surface area contributed by atoms with Crippen molar-refractivity contribution >= 4 is 34.8 Å². The van der Waals surface area contributed by atoms with Crippen molar-refractivity contribution in [2.75, 3.05) is 18.0 Å². The fourth-order valence-corrected chi connectivity index (χ4v) is 4.03. The van der Waals surface area contributed by atoms with E-state index in [2.05, 4.69) is 25.3 Å². The molecular weight excluding hydrogens is 372 g/mol. The molecule has 7 nitrogen and oxygen atoms in total. The fraction of sp³-hybridized carbons (Fsp3) is 0.294. The Labute approximate surface area is 159 Å². The second-order valence-corrected chi connectivity index (χ2v) is 7.47. The van der Waals surface area contributed by atoms with Crippen LogP contribution >= 0.6 is 22.9 Å². The Morgan fingerprint density at radius 1 is 1.42 bits per heavy atom. The molecular formula is C17H17ClN6OS. The van der Waals surface area contributed by atoms with Crippen LogP contribution in [0.3, 0.4) is 0 Å². The number of amides is 1. The Morgan fingerprint density at radius 3 is 3.04 bits per heavy atom. The number of nitrogens with one attached hydrogen (secondary N) is 1. The largest absolute Gasteiger partial charge is 0.347 e. The monoisotopic (exact) mass is 388 g/mol. The highest BCUT2D eigenvalue weighted by Crippen LogP contribution is 2.24. The summed E-state index contributed by atoms with van der Waals surface area (Å²) >= 11 is 7.38. The molecule has 1 fully saturated rings. The molecule has 1 aliphatic heterocycles. The molecule has 1 unspecified atom stereocenters. The minimum Gasteiger partial charge on any atom is -0.347 e. The highest BCUT2D eigenvalue weighted by Gasteiger charge is 2.27. The third-order valence-electron chi connectivity index (χ3n) is 4.27. The predicted octanol–water partition coefficient (Wildman–Crippen LogP) is 2.60. The molecule has 4 rings (SSSR count). The zero-order chi connectivity index (χ0) is 18.1. The van der Waals surface area contributed by atoms with Crippen molar-refractivity contribution in [3.63, 3.8) is 0 Å². The third kappa shape index (κ3) is 3.42.